The van der Waals surface area contributed by atoms with Crippen molar-refractivity contribution in [2.24, 2.45) is 0 Å². The van der Waals surface area contributed by atoms with Gasteiger partial charge in [0.1, 0.15) is 13.2 Å². The first-order valence-electron chi connectivity index (χ1n) is 2.63. The molecule has 0 aliphatic heterocycles. The normalized spacial score (nSPS) is 10.7. The molecule has 0 saturated heterocycles. The Balaban J connectivity index is 0. The molecule has 0 spiro atoms. The largest absolute Gasteiger partial charge is 0.329 e. The minimum absolute atomic E-state index is 0. The molecule has 0 bridgehead atoms. The summed E-state index contributed by atoms with van der Waals surface area (Å²) >= 11 is 0. The van der Waals surface area contributed by atoms with Crippen molar-refractivity contribution >= 4 is 13.5 Å². The van der Waals surface area contributed by atoms with Gasteiger partial charge in [-0.1, -0.05) is 0 Å². The lowest BCUT2D eigenvalue weighted by Crippen LogP contribution is -2.37. The van der Waals surface area contributed by atoms with Crippen LogP contribution in [0.1, 0.15) is 0 Å². The van der Waals surface area contributed by atoms with Gasteiger partial charge in [-0.25, -0.2) is 4.89 Å². The van der Waals surface area contributed by atoms with E-state index in [0.717, 1.165) is 11.0 Å². The number of nitrogens with zero attached hydrogens (tertiary/aromatic N) is 1. The molecule has 0 atom stereocenters. The molecule has 0 fully saturated rings. The van der Waals surface area contributed by atoms with E-state index in [1.807, 2.05) is 21.1 Å². The Labute approximate surface area is 63.2 Å². The van der Waals surface area contributed by atoms with Gasteiger partial charge < -0.3 is 4.48 Å². The number of likely N-dealkylation sites (N-methyl/N-ethyl adjacent to an activating group) is 1. The molecule has 0 rings (SSSR count). The zero-order valence-corrected chi connectivity index (χ0v) is 7.22. The van der Waals surface area contributed by atoms with Crippen molar-refractivity contribution in [3.63, 3.8) is 0 Å². The Bertz CT molecular complexity index is 62.5. The van der Waals surface area contributed by atoms with Gasteiger partial charge >= 0.3 is 0 Å². The van der Waals surface area contributed by atoms with Gasteiger partial charge in [0.15, 0.2) is 0 Å². The summed E-state index contributed by atoms with van der Waals surface area (Å²) in [6.45, 7) is 1.24. The van der Waals surface area contributed by atoms with Gasteiger partial charge in [-0.3, -0.25) is 5.26 Å². The van der Waals surface area contributed by atoms with Gasteiger partial charge in [0, 0.05) is 0 Å². The first kappa shape index (κ1) is 12.0. The lowest BCUT2D eigenvalue weighted by molar-refractivity contribution is -0.871. The van der Waals surface area contributed by atoms with E-state index in [2.05, 4.69) is 4.89 Å². The molecular weight excluding hydrogens is 138 g/mol. The fourth-order valence-electron chi connectivity index (χ4n) is 0.315. The van der Waals surface area contributed by atoms with Gasteiger partial charge in [0.25, 0.3) is 0 Å². The summed E-state index contributed by atoms with van der Waals surface area (Å²) in [5, 5.41) is 7.92. The summed E-state index contributed by atoms with van der Waals surface area (Å²) in [6, 6.07) is 0. The first-order chi connectivity index (χ1) is 3.56. The van der Waals surface area contributed by atoms with Crippen LogP contribution in [0, 0.1) is 0 Å². The maximum absolute atomic E-state index is 7.92. The van der Waals surface area contributed by atoms with E-state index < -0.39 is 0 Å². The van der Waals surface area contributed by atoms with Crippen molar-refractivity contribution in [2.75, 3.05) is 34.3 Å². The average Bonchev–Trinajstić information content (AvgIpc) is 1.59. The lowest BCUT2D eigenvalue weighted by atomic mass is 10.5. The van der Waals surface area contributed by atoms with E-state index in [0.29, 0.717) is 6.61 Å². The van der Waals surface area contributed by atoms with Crippen LogP contribution in [-0.2, 0) is 4.89 Å². The standard InChI is InChI=1S/C5H13NO2.H2S/c1-6(2,3)4-5-8-7;/h4-5H2,1-3H3;1H2/p+1. The maximum atomic E-state index is 7.92. The monoisotopic (exact) mass is 154 g/mol. The molecule has 0 aromatic rings. The predicted octanol–water partition coefficient (Wildman–Crippen LogP) is 0.295. The Morgan fingerprint density at radius 3 is 1.89 bits per heavy atom. The van der Waals surface area contributed by atoms with Crippen LogP contribution in [0.2, 0.25) is 0 Å². The summed E-state index contributed by atoms with van der Waals surface area (Å²) in [4.78, 5) is 3.90. The van der Waals surface area contributed by atoms with Crippen LogP contribution in [0.4, 0.5) is 0 Å². The molecule has 0 saturated carbocycles. The van der Waals surface area contributed by atoms with E-state index >= 15 is 0 Å². The Kier molecular flexibility index (Phi) is 6.71. The maximum Gasteiger partial charge on any atom is 0.131 e. The van der Waals surface area contributed by atoms with Crippen molar-refractivity contribution in [1.29, 1.82) is 0 Å². The van der Waals surface area contributed by atoms with E-state index in [9.17, 15) is 0 Å². The van der Waals surface area contributed by atoms with Crippen LogP contribution in [0.25, 0.3) is 0 Å². The van der Waals surface area contributed by atoms with E-state index in [1.165, 1.54) is 0 Å². The predicted molar refractivity (Wildman–Crippen MR) is 41.9 cm³/mol. The summed E-state index contributed by atoms with van der Waals surface area (Å²) in [5.74, 6) is 0. The van der Waals surface area contributed by atoms with Gasteiger partial charge in [0.05, 0.1) is 21.1 Å². The first-order valence-corrected chi connectivity index (χ1v) is 2.63. The molecule has 4 heteroatoms. The Morgan fingerprint density at radius 2 is 1.78 bits per heavy atom. The fourth-order valence-corrected chi connectivity index (χ4v) is 0.315. The van der Waals surface area contributed by atoms with Crippen molar-refractivity contribution in [1.82, 2.24) is 0 Å². The van der Waals surface area contributed by atoms with Crippen LogP contribution in [0.3, 0.4) is 0 Å². The highest BCUT2D eigenvalue weighted by Gasteiger charge is 2.04. The van der Waals surface area contributed by atoms with Gasteiger partial charge in [-0.15, -0.1) is 0 Å². The molecule has 3 nitrogen and oxygen atoms in total. The summed E-state index contributed by atoms with van der Waals surface area (Å²) in [7, 11) is 6.12. The molecule has 0 aromatic carbocycles. The highest BCUT2D eigenvalue weighted by molar-refractivity contribution is 7.59. The van der Waals surface area contributed by atoms with Crippen LogP contribution < -0.4 is 0 Å². The average molecular weight is 154 g/mol. The molecule has 0 aromatic heterocycles. The molecule has 0 unspecified atom stereocenters. The Hall–Kier alpha value is 0.230. The highest BCUT2D eigenvalue weighted by Crippen LogP contribution is 1.86. The van der Waals surface area contributed by atoms with Crippen molar-refractivity contribution in [3.05, 3.63) is 0 Å². The van der Waals surface area contributed by atoms with E-state index in [4.69, 9.17) is 5.26 Å². The smallest absolute Gasteiger partial charge is 0.131 e. The van der Waals surface area contributed by atoms with Gasteiger partial charge in [0.2, 0.25) is 0 Å². The highest BCUT2D eigenvalue weighted by atomic mass is 32.1. The van der Waals surface area contributed by atoms with Crippen LogP contribution in [0.15, 0.2) is 0 Å². The molecule has 0 amide bonds. The SMILES string of the molecule is C[N+](C)(C)CCOO.S. The minimum Gasteiger partial charge on any atom is -0.329 e. The summed E-state index contributed by atoms with van der Waals surface area (Å²) in [5.41, 5.74) is 0. The van der Waals surface area contributed by atoms with Crippen LogP contribution in [-0.4, -0.2) is 44.0 Å². The molecule has 58 valence electrons. The van der Waals surface area contributed by atoms with Crippen molar-refractivity contribution in [2.45, 2.75) is 0 Å². The zero-order valence-electron chi connectivity index (χ0n) is 6.22. The third kappa shape index (κ3) is 11.7. The van der Waals surface area contributed by atoms with Crippen molar-refractivity contribution in [3.8, 4) is 0 Å². The molecule has 0 aliphatic rings. The quantitative estimate of drug-likeness (QED) is 0.360. The third-order valence-electron chi connectivity index (χ3n) is 0.853. The third-order valence-corrected chi connectivity index (χ3v) is 0.853. The molecule has 0 heterocycles. The second kappa shape index (κ2) is 5.05. The van der Waals surface area contributed by atoms with Gasteiger partial charge in [-0.05, 0) is 0 Å². The second-order valence-electron chi connectivity index (χ2n) is 2.85. The number of hydrogen-bond donors (Lipinski definition) is 1. The zero-order chi connectivity index (χ0) is 6.62. The summed E-state index contributed by atoms with van der Waals surface area (Å²) < 4.78 is 0.820. The van der Waals surface area contributed by atoms with Gasteiger partial charge in [-0.2, -0.15) is 13.5 Å². The molecule has 0 aliphatic carbocycles. The minimum atomic E-state index is 0. The Morgan fingerprint density at radius 1 is 1.33 bits per heavy atom. The fraction of sp³-hybridized carbons (Fsp3) is 1.00. The summed E-state index contributed by atoms with van der Waals surface area (Å²) in [6.07, 6.45) is 0. The number of rotatable bonds is 3. The molecular formula is C5H16NO2S+. The lowest BCUT2D eigenvalue weighted by Gasteiger charge is -2.22. The molecule has 0 radical (unpaired) electrons. The van der Waals surface area contributed by atoms with Crippen LogP contribution >= 0.6 is 13.5 Å². The molecule has 9 heavy (non-hydrogen) atoms. The molecule has 1 N–H and O–H groups in total. The second-order valence-corrected chi connectivity index (χ2v) is 2.85. The number of quaternary nitrogens is 1. The topological polar surface area (TPSA) is 29.5 Å². The van der Waals surface area contributed by atoms with E-state index in [-0.39, 0.29) is 13.5 Å². The van der Waals surface area contributed by atoms with Crippen molar-refractivity contribution < 1.29 is 14.6 Å². The number of hydrogen-bond acceptors (Lipinski definition) is 2. The van der Waals surface area contributed by atoms with Crippen LogP contribution in [0.5, 0.6) is 0 Å². The van der Waals surface area contributed by atoms with E-state index in [1.54, 1.807) is 0 Å².